The summed E-state index contributed by atoms with van der Waals surface area (Å²) in [5.41, 5.74) is 5.54. The molecule has 0 aliphatic carbocycles. The van der Waals surface area contributed by atoms with Crippen LogP contribution in [-0.4, -0.2) is 36.6 Å². The SMILES string of the molecule is CN(Cc1ccc(Cl)s1)C(=O)C1CCC(CN)O1. The van der Waals surface area contributed by atoms with Crippen LogP contribution in [0, 0.1) is 0 Å². The predicted octanol–water partition coefficient (Wildman–Crippen LogP) is 1.87. The smallest absolute Gasteiger partial charge is 0.251 e. The van der Waals surface area contributed by atoms with Gasteiger partial charge in [0.2, 0.25) is 0 Å². The molecule has 2 rings (SSSR count). The van der Waals surface area contributed by atoms with Crippen LogP contribution in [0.25, 0.3) is 0 Å². The molecule has 2 atom stereocenters. The Morgan fingerprint density at radius 3 is 2.94 bits per heavy atom. The molecule has 1 fully saturated rings. The minimum atomic E-state index is -0.334. The largest absolute Gasteiger partial charge is 0.364 e. The topological polar surface area (TPSA) is 55.6 Å². The van der Waals surface area contributed by atoms with E-state index in [4.69, 9.17) is 22.1 Å². The van der Waals surface area contributed by atoms with Crippen molar-refractivity contribution in [3.05, 3.63) is 21.3 Å². The van der Waals surface area contributed by atoms with Gasteiger partial charge < -0.3 is 15.4 Å². The summed E-state index contributed by atoms with van der Waals surface area (Å²) in [4.78, 5) is 14.9. The Balaban J connectivity index is 1.89. The normalized spacial score (nSPS) is 23.3. The highest BCUT2D eigenvalue weighted by molar-refractivity contribution is 7.16. The van der Waals surface area contributed by atoms with Crippen LogP contribution in [0.4, 0.5) is 0 Å². The Hall–Kier alpha value is -0.620. The molecule has 2 heterocycles. The standard InChI is InChI=1S/C12H17ClN2O2S/c1-15(7-9-3-5-11(13)18-9)12(16)10-4-2-8(6-14)17-10/h3,5,8,10H,2,4,6-7,14H2,1H3. The summed E-state index contributed by atoms with van der Waals surface area (Å²) < 4.78 is 6.34. The van der Waals surface area contributed by atoms with Gasteiger partial charge in [-0.1, -0.05) is 11.6 Å². The minimum Gasteiger partial charge on any atom is -0.364 e. The molecule has 0 spiro atoms. The van der Waals surface area contributed by atoms with E-state index in [9.17, 15) is 4.79 Å². The maximum absolute atomic E-state index is 12.1. The number of amides is 1. The molecular formula is C12H17ClN2O2S. The molecule has 1 saturated heterocycles. The number of nitrogens with zero attached hydrogens (tertiary/aromatic N) is 1. The fourth-order valence-electron chi connectivity index (χ4n) is 2.05. The fraction of sp³-hybridized carbons (Fsp3) is 0.583. The lowest BCUT2D eigenvalue weighted by Gasteiger charge is -2.20. The van der Waals surface area contributed by atoms with Crippen LogP contribution in [0.1, 0.15) is 17.7 Å². The molecule has 1 aliphatic heterocycles. The van der Waals surface area contributed by atoms with Gasteiger partial charge in [-0.2, -0.15) is 0 Å². The second kappa shape index (κ2) is 6.02. The average molecular weight is 289 g/mol. The number of rotatable bonds is 4. The Labute approximate surface area is 116 Å². The number of nitrogens with two attached hydrogens (primary N) is 1. The highest BCUT2D eigenvalue weighted by atomic mass is 35.5. The van der Waals surface area contributed by atoms with Gasteiger partial charge >= 0.3 is 0 Å². The van der Waals surface area contributed by atoms with E-state index in [1.807, 2.05) is 12.1 Å². The molecule has 0 bridgehead atoms. The zero-order valence-electron chi connectivity index (χ0n) is 10.3. The molecule has 18 heavy (non-hydrogen) atoms. The number of hydrogen-bond acceptors (Lipinski definition) is 4. The molecule has 1 amide bonds. The van der Waals surface area contributed by atoms with E-state index >= 15 is 0 Å². The number of hydrogen-bond donors (Lipinski definition) is 1. The highest BCUT2D eigenvalue weighted by Gasteiger charge is 2.31. The summed E-state index contributed by atoms with van der Waals surface area (Å²) in [5, 5.41) is 0. The summed E-state index contributed by atoms with van der Waals surface area (Å²) >= 11 is 7.36. The summed E-state index contributed by atoms with van der Waals surface area (Å²) in [6, 6.07) is 3.78. The van der Waals surface area contributed by atoms with Crippen molar-refractivity contribution in [2.24, 2.45) is 5.73 Å². The first-order valence-electron chi connectivity index (χ1n) is 5.95. The van der Waals surface area contributed by atoms with Gasteiger partial charge in [-0.15, -0.1) is 11.3 Å². The number of carbonyl (C=O) groups excluding carboxylic acids is 1. The van der Waals surface area contributed by atoms with E-state index in [0.717, 1.165) is 22.1 Å². The molecule has 1 aromatic rings. The van der Waals surface area contributed by atoms with E-state index in [0.29, 0.717) is 13.1 Å². The summed E-state index contributed by atoms with van der Waals surface area (Å²) in [7, 11) is 1.79. The first kappa shape index (κ1) is 13.8. The van der Waals surface area contributed by atoms with Crippen LogP contribution in [0.15, 0.2) is 12.1 Å². The monoisotopic (exact) mass is 288 g/mol. The second-order valence-electron chi connectivity index (χ2n) is 4.46. The summed E-state index contributed by atoms with van der Waals surface area (Å²) in [5.74, 6) is 0.0236. The van der Waals surface area contributed by atoms with Crippen molar-refractivity contribution >= 4 is 28.8 Å². The first-order chi connectivity index (χ1) is 8.60. The van der Waals surface area contributed by atoms with Gasteiger partial charge in [0.05, 0.1) is 17.0 Å². The molecule has 0 aromatic carbocycles. The van der Waals surface area contributed by atoms with Crippen LogP contribution in [-0.2, 0) is 16.1 Å². The molecule has 0 radical (unpaired) electrons. The number of likely N-dealkylation sites (N-methyl/N-ethyl adjacent to an activating group) is 1. The second-order valence-corrected chi connectivity index (χ2v) is 6.26. The van der Waals surface area contributed by atoms with Crippen LogP contribution in [0.3, 0.4) is 0 Å². The van der Waals surface area contributed by atoms with Crippen molar-refractivity contribution in [1.29, 1.82) is 0 Å². The Morgan fingerprint density at radius 2 is 2.39 bits per heavy atom. The number of halogens is 1. The Bertz CT molecular complexity index is 424. The third-order valence-corrected chi connectivity index (χ3v) is 4.26. The molecule has 1 aromatic heterocycles. The van der Waals surface area contributed by atoms with Gasteiger partial charge in [0, 0.05) is 18.5 Å². The molecule has 1 aliphatic rings. The quantitative estimate of drug-likeness (QED) is 0.920. The molecule has 0 saturated carbocycles. The molecule has 2 N–H and O–H groups in total. The lowest BCUT2D eigenvalue weighted by molar-refractivity contribution is -0.141. The van der Waals surface area contributed by atoms with Gasteiger partial charge in [-0.3, -0.25) is 4.79 Å². The third-order valence-electron chi connectivity index (χ3n) is 3.04. The molecule has 2 unspecified atom stereocenters. The minimum absolute atomic E-state index is 0.0236. The van der Waals surface area contributed by atoms with Crippen molar-refractivity contribution in [2.45, 2.75) is 31.6 Å². The van der Waals surface area contributed by atoms with Crippen molar-refractivity contribution in [3.8, 4) is 0 Å². The van der Waals surface area contributed by atoms with E-state index in [1.165, 1.54) is 11.3 Å². The first-order valence-corrected chi connectivity index (χ1v) is 7.14. The van der Waals surface area contributed by atoms with Crippen LogP contribution < -0.4 is 5.73 Å². The van der Waals surface area contributed by atoms with Crippen molar-refractivity contribution < 1.29 is 9.53 Å². The lowest BCUT2D eigenvalue weighted by atomic mass is 10.2. The average Bonchev–Trinajstić information content (AvgIpc) is 2.97. The maximum Gasteiger partial charge on any atom is 0.251 e. The van der Waals surface area contributed by atoms with E-state index in [1.54, 1.807) is 11.9 Å². The maximum atomic E-state index is 12.1. The molecule has 4 nitrogen and oxygen atoms in total. The van der Waals surface area contributed by atoms with Gasteiger partial charge in [0.1, 0.15) is 6.10 Å². The molecule has 100 valence electrons. The van der Waals surface area contributed by atoms with Crippen LogP contribution in [0.2, 0.25) is 4.34 Å². The van der Waals surface area contributed by atoms with Crippen molar-refractivity contribution in [1.82, 2.24) is 4.90 Å². The zero-order chi connectivity index (χ0) is 13.1. The van der Waals surface area contributed by atoms with E-state index in [-0.39, 0.29) is 18.1 Å². The molecular weight excluding hydrogens is 272 g/mol. The van der Waals surface area contributed by atoms with E-state index < -0.39 is 0 Å². The number of ether oxygens (including phenoxy) is 1. The van der Waals surface area contributed by atoms with Crippen LogP contribution >= 0.6 is 22.9 Å². The highest BCUT2D eigenvalue weighted by Crippen LogP contribution is 2.24. The zero-order valence-corrected chi connectivity index (χ0v) is 11.8. The van der Waals surface area contributed by atoms with Gasteiger partial charge in [0.15, 0.2) is 0 Å². The van der Waals surface area contributed by atoms with Crippen LogP contribution in [0.5, 0.6) is 0 Å². The predicted molar refractivity (Wildman–Crippen MR) is 72.8 cm³/mol. The van der Waals surface area contributed by atoms with Gasteiger partial charge in [0.25, 0.3) is 5.91 Å². The van der Waals surface area contributed by atoms with Crippen molar-refractivity contribution in [2.75, 3.05) is 13.6 Å². The van der Waals surface area contributed by atoms with Gasteiger partial charge in [-0.05, 0) is 25.0 Å². The summed E-state index contributed by atoms with van der Waals surface area (Å²) in [6.45, 7) is 1.05. The Kier molecular flexibility index (Phi) is 4.61. The van der Waals surface area contributed by atoms with E-state index in [2.05, 4.69) is 0 Å². The van der Waals surface area contributed by atoms with Gasteiger partial charge in [-0.25, -0.2) is 0 Å². The summed E-state index contributed by atoms with van der Waals surface area (Å²) in [6.07, 6.45) is 1.32. The Morgan fingerprint density at radius 1 is 1.61 bits per heavy atom. The lowest BCUT2D eigenvalue weighted by Crippen LogP contribution is -2.36. The van der Waals surface area contributed by atoms with Crippen molar-refractivity contribution in [3.63, 3.8) is 0 Å². The third kappa shape index (κ3) is 3.23. The molecule has 6 heteroatoms. The number of carbonyl (C=O) groups is 1. The number of thiophene rings is 1. The fourth-order valence-corrected chi connectivity index (χ4v) is 3.20.